The lowest BCUT2D eigenvalue weighted by atomic mass is 10.0. The van der Waals surface area contributed by atoms with Crippen LogP contribution in [0.5, 0.6) is 0 Å². The fraction of sp³-hybridized carbons (Fsp3) is 0.467. The van der Waals surface area contributed by atoms with Gasteiger partial charge in [-0.3, -0.25) is 9.59 Å². The van der Waals surface area contributed by atoms with Crippen molar-refractivity contribution in [1.82, 2.24) is 10.6 Å². The second-order valence-corrected chi connectivity index (χ2v) is 5.11. The van der Waals surface area contributed by atoms with Gasteiger partial charge in [0.05, 0.1) is 0 Å². The first kappa shape index (κ1) is 14.5. The number of nitrogens with one attached hydrogen (secondary N) is 2. The molecule has 1 aromatic carbocycles. The van der Waals surface area contributed by atoms with Gasteiger partial charge in [-0.15, -0.1) is 0 Å². The molecule has 0 atom stereocenters. The molecule has 0 radical (unpaired) electrons. The summed E-state index contributed by atoms with van der Waals surface area (Å²) in [7, 11) is 0. The Labute approximate surface area is 117 Å². The van der Waals surface area contributed by atoms with Crippen molar-refractivity contribution in [2.45, 2.75) is 32.7 Å². The van der Waals surface area contributed by atoms with Crippen molar-refractivity contribution in [3.63, 3.8) is 0 Å². The van der Waals surface area contributed by atoms with E-state index in [2.05, 4.69) is 10.6 Å². The van der Waals surface area contributed by atoms with Gasteiger partial charge in [-0.05, 0) is 25.3 Å². The summed E-state index contributed by atoms with van der Waals surface area (Å²) in [6, 6.07) is 6.28. The van der Waals surface area contributed by atoms with Crippen molar-refractivity contribution in [1.29, 1.82) is 0 Å². The van der Waals surface area contributed by atoms with Gasteiger partial charge < -0.3 is 10.6 Å². The first-order valence-electron chi connectivity index (χ1n) is 6.90. The number of hydrogen-bond donors (Lipinski definition) is 2. The maximum absolute atomic E-state index is 13.4. The third-order valence-corrected chi connectivity index (χ3v) is 3.55. The van der Waals surface area contributed by atoms with Crippen LogP contribution < -0.4 is 10.6 Å². The van der Waals surface area contributed by atoms with E-state index in [1.807, 2.05) is 6.92 Å². The molecule has 20 heavy (non-hydrogen) atoms. The molecule has 1 aliphatic rings. The zero-order valence-corrected chi connectivity index (χ0v) is 11.5. The predicted octanol–water partition coefficient (Wildman–Crippen LogP) is 1.75. The fourth-order valence-corrected chi connectivity index (χ4v) is 2.08. The zero-order valence-electron chi connectivity index (χ0n) is 11.5. The average Bonchev–Trinajstić information content (AvgIpc) is 3.25. The minimum absolute atomic E-state index is 0.105. The SMILES string of the molecule is CCCNC(=O)C1(C(=O)NCc2ccccc2F)CC1. The third-order valence-electron chi connectivity index (χ3n) is 3.55. The molecule has 0 spiro atoms. The largest absolute Gasteiger partial charge is 0.355 e. The van der Waals surface area contributed by atoms with E-state index in [0.717, 1.165) is 6.42 Å². The first-order chi connectivity index (χ1) is 9.60. The quantitative estimate of drug-likeness (QED) is 0.779. The van der Waals surface area contributed by atoms with E-state index in [1.54, 1.807) is 18.2 Å². The highest BCUT2D eigenvalue weighted by Crippen LogP contribution is 2.46. The second-order valence-electron chi connectivity index (χ2n) is 5.11. The van der Waals surface area contributed by atoms with Gasteiger partial charge in [0.1, 0.15) is 11.2 Å². The molecule has 1 aliphatic carbocycles. The Balaban J connectivity index is 1.92. The molecule has 4 nitrogen and oxygen atoms in total. The Bertz CT molecular complexity index is 512. The Morgan fingerprint density at radius 3 is 2.45 bits per heavy atom. The highest BCUT2D eigenvalue weighted by Gasteiger charge is 2.56. The van der Waals surface area contributed by atoms with Crippen LogP contribution >= 0.6 is 0 Å². The average molecular weight is 278 g/mol. The van der Waals surface area contributed by atoms with Gasteiger partial charge in [0.25, 0.3) is 0 Å². The van der Waals surface area contributed by atoms with Gasteiger partial charge in [-0.1, -0.05) is 25.1 Å². The topological polar surface area (TPSA) is 58.2 Å². The first-order valence-corrected chi connectivity index (χ1v) is 6.90. The number of halogens is 1. The molecule has 108 valence electrons. The number of rotatable bonds is 6. The van der Waals surface area contributed by atoms with Gasteiger partial charge in [-0.2, -0.15) is 0 Å². The van der Waals surface area contributed by atoms with Crippen molar-refractivity contribution < 1.29 is 14.0 Å². The number of benzene rings is 1. The van der Waals surface area contributed by atoms with Gasteiger partial charge >= 0.3 is 0 Å². The fourth-order valence-electron chi connectivity index (χ4n) is 2.08. The Morgan fingerprint density at radius 2 is 1.85 bits per heavy atom. The summed E-state index contributed by atoms with van der Waals surface area (Å²) < 4.78 is 13.4. The molecule has 0 aromatic heterocycles. The Hall–Kier alpha value is -1.91. The summed E-state index contributed by atoms with van der Waals surface area (Å²) in [5.74, 6) is -0.882. The van der Waals surface area contributed by atoms with Crippen molar-refractivity contribution in [3.8, 4) is 0 Å². The van der Waals surface area contributed by atoms with Crippen LogP contribution in [-0.2, 0) is 16.1 Å². The number of hydrogen-bond acceptors (Lipinski definition) is 2. The second kappa shape index (κ2) is 6.03. The highest BCUT2D eigenvalue weighted by molar-refractivity contribution is 6.07. The van der Waals surface area contributed by atoms with E-state index in [1.165, 1.54) is 6.07 Å². The van der Waals surface area contributed by atoms with Crippen LogP contribution in [0.1, 0.15) is 31.7 Å². The summed E-state index contributed by atoms with van der Waals surface area (Å²) in [4.78, 5) is 24.1. The summed E-state index contributed by atoms with van der Waals surface area (Å²) in [5, 5.41) is 5.41. The number of carbonyl (C=O) groups is 2. The maximum atomic E-state index is 13.4. The van der Waals surface area contributed by atoms with Crippen molar-refractivity contribution >= 4 is 11.8 Å². The van der Waals surface area contributed by atoms with Crippen LogP contribution in [0.2, 0.25) is 0 Å². The molecule has 0 heterocycles. The Kier molecular flexibility index (Phi) is 4.37. The summed E-state index contributed by atoms with van der Waals surface area (Å²) in [6.45, 7) is 2.63. The van der Waals surface area contributed by atoms with Gasteiger partial charge in [0, 0.05) is 18.7 Å². The lowest BCUT2D eigenvalue weighted by Crippen LogP contribution is -2.43. The summed E-state index contributed by atoms with van der Waals surface area (Å²) >= 11 is 0. The molecule has 0 aliphatic heterocycles. The third kappa shape index (κ3) is 2.98. The molecule has 2 rings (SSSR count). The summed E-state index contributed by atoms with van der Waals surface area (Å²) in [5.41, 5.74) is -0.508. The minimum Gasteiger partial charge on any atom is -0.355 e. The molecule has 0 bridgehead atoms. The molecule has 1 aromatic rings. The molecule has 5 heteroatoms. The van der Waals surface area contributed by atoms with Crippen molar-refractivity contribution in [2.24, 2.45) is 5.41 Å². The molecular weight excluding hydrogens is 259 g/mol. The van der Waals surface area contributed by atoms with Gasteiger partial charge in [0.2, 0.25) is 11.8 Å². The van der Waals surface area contributed by atoms with Gasteiger partial charge in [0.15, 0.2) is 0 Å². The lowest BCUT2D eigenvalue weighted by Gasteiger charge is -2.15. The van der Waals surface area contributed by atoms with Crippen LogP contribution in [0, 0.1) is 11.2 Å². The minimum atomic E-state index is -0.930. The molecule has 1 fully saturated rings. The van der Waals surface area contributed by atoms with E-state index >= 15 is 0 Å². The van der Waals surface area contributed by atoms with E-state index in [-0.39, 0.29) is 24.2 Å². The highest BCUT2D eigenvalue weighted by atomic mass is 19.1. The van der Waals surface area contributed by atoms with E-state index in [0.29, 0.717) is 24.9 Å². The monoisotopic (exact) mass is 278 g/mol. The number of carbonyl (C=O) groups excluding carboxylic acids is 2. The summed E-state index contributed by atoms with van der Waals surface area (Å²) in [6.07, 6.45) is 1.95. The van der Waals surface area contributed by atoms with Crippen molar-refractivity contribution in [3.05, 3.63) is 35.6 Å². The molecular formula is C15H19FN2O2. The van der Waals surface area contributed by atoms with Crippen molar-refractivity contribution in [2.75, 3.05) is 6.54 Å². The van der Waals surface area contributed by atoms with E-state index in [4.69, 9.17) is 0 Å². The zero-order chi connectivity index (χ0) is 14.6. The standard InChI is InChI=1S/C15H19FN2O2/c1-2-9-17-13(19)15(7-8-15)14(20)18-10-11-5-3-4-6-12(11)16/h3-6H,2,7-10H2,1H3,(H,17,19)(H,18,20). The molecule has 0 unspecified atom stereocenters. The van der Waals surface area contributed by atoms with Crippen LogP contribution in [0.3, 0.4) is 0 Å². The molecule has 1 saturated carbocycles. The Morgan fingerprint density at radius 1 is 1.20 bits per heavy atom. The van der Waals surface area contributed by atoms with Gasteiger partial charge in [-0.25, -0.2) is 4.39 Å². The molecule has 0 saturated heterocycles. The maximum Gasteiger partial charge on any atom is 0.235 e. The van der Waals surface area contributed by atoms with E-state index in [9.17, 15) is 14.0 Å². The van der Waals surface area contributed by atoms with E-state index < -0.39 is 5.41 Å². The number of amides is 2. The van der Waals surface area contributed by atoms with Crippen LogP contribution in [-0.4, -0.2) is 18.4 Å². The van der Waals surface area contributed by atoms with Crippen LogP contribution in [0.15, 0.2) is 24.3 Å². The lowest BCUT2D eigenvalue weighted by molar-refractivity contribution is -0.137. The molecule has 2 N–H and O–H groups in total. The van der Waals surface area contributed by atoms with Crippen LogP contribution in [0.25, 0.3) is 0 Å². The molecule has 2 amide bonds. The normalized spacial score (nSPS) is 15.5. The van der Waals surface area contributed by atoms with Crippen LogP contribution in [0.4, 0.5) is 4.39 Å². The predicted molar refractivity (Wildman–Crippen MR) is 73.2 cm³/mol. The smallest absolute Gasteiger partial charge is 0.235 e.